The Labute approximate surface area is 204 Å². The number of fused-ring (bicyclic) bond motifs is 1. The fourth-order valence-corrected chi connectivity index (χ4v) is 5.66. The third-order valence-electron chi connectivity index (χ3n) is 6.25. The molecule has 34 heavy (non-hydrogen) atoms. The van der Waals surface area contributed by atoms with E-state index in [4.69, 9.17) is 4.74 Å². The van der Waals surface area contributed by atoms with E-state index in [1.165, 1.54) is 11.9 Å². The second-order valence-corrected chi connectivity index (χ2v) is 10.5. The van der Waals surface area contributed by atoms with E-state index in [0.717, 1.165) is 79.6 Å². The van der Waals surface area contributed by atoms with Crippen molar-refractivity contribution in [3.8, 4) is 16.8 Å². The SMILES string of the molecule is CCOCC1CCN(c2cc(SNC3(C#N)CC3)cn3c(-c4nnc(C(F)F)s4)cnc23)CC1. The average molecular weight is 506 g/mol. The number of nitriles is 1. The second kappa shape index (κ2) is 9.73. The van der Waals surface area contributed by atoms with Gasteiger partial charge in [-0.1, -0.05) is 11.3 Å². The number of anilines is 1. The molecule has 0 bridgehead atoms. The number of nitrogens with one attached hydrogen (secondary N) is 1. The number of imidazole rings is 1. The topological polar surface area (TPSA) is 91.4 Å². The molecule has 0 aromatic carbocycles. The number of ether oxygens (including phenoxy) is 1. The van der Waals surface area contributed by atoms with Crippen molar-refractivity contribution in [2.24, 2.45) is 5.92 Å². The van der Waals surface area contributed by atoms with Gasteiger partial charge in [-0.3, -0.25) is 4.40 Å². The van der Waals surface area contributed by atoms with Gasteiger partial charge in [-0.05, 0) is 56.5 Å². The molecule has 180 valence electrons. The molecule has 1 aliphatic heterocycles. The van der Waals surface area contributed by atoms with Crippen molar-refractivity contribution < 1.29 is 13.5 Å². The van der Waals surface area contributed by atoms with Gasteiger partial charge >= 0.3 is 0 Å². The first kappa shape index (κ1) is 23.4. The monoisotopic (exact) mass is 505 g/mol. The van der Waals surface area contributed by atoms with Crippen LogP contribution >= 0.6 is 23.3 Å². The van der Waals surface area contributed by atoms with Gasteiger partial charge in [0.15, 0.2) is 15.7 Å². The maximum absolute atomic E-state index is 13.1. The van der Waals surface area contributed by atoms with Crippen molar-refractivity contribution in [2.45, 2.75) is 49.5 Å². The van der Waals surface area contributed by atoms with Gasteiger partial charge in [-0.2, -0.15) is 5.26 Å². The number of piperidine rings is 1. The first-order valence-electron chi connectivity index (χ1n) is 11.3. The summed E-state index contributed by atoms with van der Waals surface area (Å²) < 4.78 is 37.0. The highest BCUT2D eigenvalue weighted by atomic mass is 32.2. The molecule has 5 rings (SSSR count). The van der Waals surface area contributed by atoms with Gasteiger partial charge in [0.1, 0.15) is 11.2 Å². The number of hydrogen-bond donors (Lipinski definition) is 1. The molecule has 2 aliphatic rings. The summed E-state index contributed by atoms with van der Waals surface area (Å²) in [5.41, 5.74) is 1.88. The minimum Gasteiger partial charge on any atom is -0.381 e. The second-order valence-electron chi connectivity index (χ2n) is 8.63. The van der Waals surface area contributed by atoms with E-state index in [1.807, 2.05) is 17.5 Å². The molecular weight excluding hydrogens is 480 g/mol. The number of halogens is 2. The summed E-state index contributed by atoms with van der Waals surface area (Å²) in [6.07, 6.45) is 4.64. The van der Waals surface area contributed by atoms with Crippen LogP contribution in [-0.4, -0.2) is 51.4 Å². The van der Waals surface area contributed by atoms with E-state index in [9.17, 15) is 14.0 Å². The Kier molecular flexibility index (Phi) is 6.70. The molecule has 2 fully saturated rings. The van der Waals surface area contributed by atoms with Crippen LogP contribution in [0.4, 0.5) is 14.5 Å². The molecule has 8 nitrogen and oxygen atoms in total. The van der Waals surface area contributed by atoms with Crippen molar-refractivity contribution >= 4 is 34.6 Å². The van der Waals surface area contributed by atoms with Crippen LogP contribution in [0.3, 0.4) is 0 Å². The lowest BCUT2D eigenvalue weighted by Gasteiger charge is -2.33. The van der Waals surface area contributed by atoms with Crippen LogP contribution in [-0.2, 0) is 4.74 Å². The van der Waals surface area contributed by atoms with E-state index < -0.39 is 12.0 Å². The van der Waals surface area contributed by atoms with Crippen molar-refractivity contribution in [1.82, 2.24) is 24.3 Å². The van der Waals surface area contributed by atoms with Crippen LogP contribution < -0.4 is 9.62 Å². The molecule has 3 aromatic heterocycles. The first-order chi connectivity index (χ1) is 16.5. The molecule has 0 spiro atoms. The quantitative estimate of drug-likeness (QED) is 0.419. The maximum Gasteiger partial charge on any atom is 0.291 e. The van der Waals surface area contributed by atoms with Crippen molar-refractivity contribution in [3.63, 3.8) is 0 Å². The van der Waals surface area contributed by atoms with E-state index in [1.54, 1.807) is 6.20 Å². The summed E-state index contributed by atoms with van der Waals surface area (Å²) in [6.45, 7) is 5.29. The lowest BCUT2D eigenvalue weighted by atomic mass is 9.97. The minimum absolute atomic E-state index is 0.307. The molecule has 1 N–H and O–H groups in total. The van der Waals surface area contributed by atoms with Crippen LogP contribution in [0.2, 0.25) is 0 Å². The van der Waals surface area contributed by atoms with Crippen LogP contribution in [0.15, 0.2) is 23.4 Å². The number of aromatic nitrogens is 4. The summed E-state index contributed by atoms with van der Waals surface area (Å²) in [5.74, 6) is 0.543. The minimum atomic E-state index is -2.66. The van der Waals surface area contributed by atoms with Gasteiger partial charge < -0.3 is 9.64 Å². The molecule has 4 heterocycles. The normalized spacial score (nSPS) is 18.0. The van der Waals surface area contributed by atoms with Crippen LogP contribution in [0.5, 0.6) is 0 Å². The zero-order chi connectivity index (χ0) is 23.7. The first-order valence-corrected chi connectivity index (χ1v) is 13.0. The van der Waals surface area contributed by atoms with Gasteiger partial charge in [0.25, 0.3) is 6.43 Å². The van der Waals surface area contributed by atoms with Crippen molar-refractivity contribution in [3.05, 3.63) is 23.5 Å². The van der Waals surface area contributed by atoms with E-state index in [2.05, 4.69) is 36.9 Å². The highest BCUT2D eigenvalue weighted by Gasteiger charge is 2.43. The van der Waals surface area contributed by atoms with E-state index in [0.29, 0.717) is 16.6 Å². The third kappa shape index (κ3) is 4.75. The van der Waals surface area contributed by atoms with Gasteiger partial charge in [0, 0.05) is 37.4 Å². The summed E-state index contributed by atoms with van der Waals surface area (Å²) in [7, 11) is 0. The molecule has 0 amide bonds. The summed E-state index contributed by atoms with van der Waals surface area (Å²) >= 11 is 2.29. The van der Waals surface area contributed by atoms with E-state index >= 15 is 0 Å². The van der Waals surface area contributed by atoms with Crippen molar-refractivity contribution in [2.75, 3.05) is 31.2 Å². The number of hydrogen-bond acceptors (Lipinski definition) is 9. The standard InChI is InChI=1S/C22H25F2N7OS2/c1-2-32-12-14-3-7-30(8-4-14)16-9-15(34-29-22(13-25)5-6-22)11-31-17(10-26-19(16)31)20-27-28-21(33-20)18(23)24/h9-11,14,18,29H,2-8,12H2,1H3. The zero-order valence-corrected chi connectivity index (χ0v) is 20.3. The predicted molar refractivity (Wildman–Crippen MR) is 127 cm³/mol. The van der Waals surface area contributed by atoms with Gasteiger partial charge in [-0.25, -0.2) is 18.5 Å². The summed E-state index contributed by atoms with van der Waals surface area (Å²) in [4.78, 5) is 7.87. The fraction of sp³-hybridized carbons (Fsp3) is 0.545. The lowest BCUT2D eigenvalue weighted by molar-refractivity contribution is 0.100. The van der Waals surface area contributed by atoms with Crippen molar-refractivity contribution in [1.29, 1.82) is 5.26 Å². The summed E-state index contributed by atoms with van der Waals surface area (Å²) in [5, 5.41) is 17.1. The Hall–Kier alpha value is -2.33. The highest BCUT2D eigenvalue weighted by molar-refractivity contribution is 7.97. The number of alkyl halides is 2. The maximum atomic E-state index is 13.1. The third-order valence-corrected chi connectivity index (χ3v) is 8.15. The lowest BCUT2D eigenvalue weighted by Crippen LogP contribution is -2.35. The number of nitrogens with zero attached hydrogens (tertiary/aromatic N) is 6. The fourth-order valence-electron chi connectivity index (χ4n) is 4.06. The zero-order valence-electron chi connectivity index (χ0n) is 18.7. The Morgan fingerprint density at radius 1 is 1.35 bits per heavy atom. The molecule has 0 radical (unpaired) electrons. The molecule has 3 aromatic rings. The highest BCUT2D eigenvalue weighted by Crippen LogP contribution is 2.39. The molecule has 1 aliphatic carbocycles. The number of pyridine rings is 1. The average Bonchev–Trinajstić information content (AvgIpc) is 3.25. The molecule has 12 heteroatoms. The smallest absolute Gasteiger partial charge is 0.291 e. The summed E-state index contributed by atoms with van der Waals surface area (Å²) in [6, 6.07) is 4.43. The predicted octanol–water partition coefficient (Wildman–Crippen LogP) is 4.70. The Morgan fingerprint density at radius 2 is 2.15 bits per heavy atom. The van der Waals surface area contributed by atoms with Gasteiger partial charge in [-0.15, -0.1) is 10.2 Å². The largest absolute Gasteiger partial charge is 0.381 e. The molecule has 0 unspecified atom stereocenters. The van der Waals surface area contributed by atoms with Gasteiger partial charge in [0.05, 0.1) is 18.0 Å². The van der Waals surface area contributed by atoms with Gasteiger partial charge in [0.2, 0.25) is 0 Å². The Morgan fingerprint density at radius 3 is 2.79 bits per heavy atom. The number of rotatable bonds is 9. The van der Waals surface area contributed by atoms with Crippen LogP contribution in [0.25, 0.3) is 16.3 Å². The van der Waals surface area contributed by atoms with Crippen LogP contribution in [0.1, 0.15) is 44.0 Å². The Bertz CT molecular complexity index is 1200. The molecular formula is C22H25F2N7OS2. The Balaban J connectivity index is 1.47. The molecule has 0 atom stereocenters. The molecule has 1 saturated heterocycles. The van der Waals surface area contributed by atoms with E-state index in [-0.39, 0.29) is 5.01 Å². The van der Waals surface area contributed by atoms with Crippen LogP contribution in [0, 0.1) is 17.2 Å². The molecule has 1 saturated carbocycles.